The van der Waals surface area contributed by atoms with Gasteiger partial charge < -0.3 is 48.9 Å². The predicted molar refractivity (Wildman–Crippen MR) is 311 cm³/mol. The van der Waals surface area contributed by atoms with E-state index in [0.717, 1.165) is 51.1 Å². The average Bonchev–Trinajstić information content (AvgIpc) is 3.46. The Morgan fingerprint density at radius 2 is 0.679 bits per heavy atom. The second-order valence-electron chi connectivity index (χ2n) is 19.3. The van der Waals surface area contributed by atoms with E-state index in [1.807, 2.05) is 66.7 Å². The molecule has 4 unspecified atom stereocenters. The lowest BCUT2D eigenvalue weighted by Crippen LogP contribution is -2.42. The van der Waals surface area contributed by atoms with Crippen molar-refractivity contribution in [1.29, 1.82) is 0 Å². The van der Waals surface area contributed by atoms with Crippen LogP contribution in [0.15, 0.2) is 176 Å². The number of nitrogens with two attached hydrogens (primary N) is 4. The van der Waals surface area contributed by atoms with Gasteiger partial charge in [-0.2, -0.15) is 0 Å². The lowest BCUT2D eigenvalue weighted by molar-refractivity contribution is -0.123. The van der Waals surface area contributed by atoms with Crippen LogP contribution in [-0.4, -0.2) is 61.5 Å². The van der Waals surface area contributed by atoms with E-state index in [2.05, 4.69) is 35.1 Å². The molecule has 18 heteroatoms. The average molecular weight is 1130 g/mol. The molecule has 0 aliphatic rings. The third-order valence-corrected chi connectivity index (χ3v) is 12.4. The number of hydrogen-bond donors (Lipinski definition) is 8. The van der Waals surface area contributed by atoms with E-state index < -0.39 is 24.2 Å². The zero-order valence-electron chi connectivity index (χ0n) is 45.7. The third kappa shape index (κ3) is 26.7. The molecular formula is C63H73ClF4N8O5. The predicted octanol–water partition coefficient (Wildman–Crippen LogP) is 8.56. The summed E-state index contributed by atoms with van der Waals surface area (Å²) < 4.78 is 56.2. The molecule has 7 aromatic carbocycles. The van der Waals surface area contributed by atoms with Crippen molar-refractivity contribution in [2.75, 3.05) is 13.7 Å². The summed E-state index contributed by atoms with van der Waals surface area (Å²) in [5, 5.41) is 11.8. The van der Waals surface area contributed by atoms with E-state index >= 15 is 0 Å². The summed E-state index contributed by atoms with van der Waals surface area (Å²) >= 11 is 5.79. The van der Waals surface area contributed by atoms with Crippen molar-refractivity contribution in [3.05, 3.63) is 243 Å². The molecule has 81 heavy (non-hydrogen) atoms. The van der Waals surface area contributed by atoms with Crippen LogP contribution in [0.25, 0.3) is 0 Å². The molecule has 0 aromatic heterocycles. The molecule has 430 valence electrons. The Morgan fingerprint density at radius 3 is 0.975 bits per heavy atom. The summed E-state index contributed by atoms with van der Waals surface area (Å²) in [4.78, 5) is 47.5. The highest BCUT2D eigenvalue weighted by atomic mass is 35.5. The van der Waals surface area contributed by atoms with Crippen molar-refractivity contribution in [2.24, 2.45) is 28.9 Å². The van der Waals surface area contributed by atoms with Gasteiger partial charge in [-0.3, -0.25) is 19.2 Å². The third-order valence-electron chi connectivity index (χ3n) is 12.2. The molecule has 12 N–H and O–H groups in total. The minimum absolute atomic E-state index is 0.153. The fraction of sp³-hybridized carbons (Fsp3) is 0.270. The summed E-state index contributed by atoms with van der Waals surface area (Å²) in [6.07, 6.45) is 2.49. The first kappa shape index (κ1) is 65.6. The van der Waals surface area contributed by atoms with Crippen molar-refractivity contribution < 1.29 is 41.5 Å². The molecule has 0 saturated heterocycles. The van der Waals surface area contributed by atoms with Crippen LogP contribution in [0.4, 0.5) is 17.6 Å². The molecule has 0 radical (unpaired) electrons. The van der Waals surface area contributed by atoms with Gasteiger partial charge in [-0.05, 0) is 150 Å². The fourth-order valence-electron chi connectivity index (χ4n) is 7.39. The number of nitrogens with one attached hydrogen (secondary N) is 4. The minimum atomic E-state index is -0.664. The Bertz CT molecular complexity index is 2940. The number of carbonyl (C=O) groups excluding carboxylic acids is 4. The van der Waals surface area contributed by atoms with Gasteiger partial charge in [0.25, 0.3) is 0 Å². The Labute approximate surface area is 477 Å². The number of benzene rings is 7. The molecular weight excluding hydrogens is 1060 g/mol. The molecule has 7 aromatic rings. The first-order valence-corrected chi connectivity index (χ1v) is 26.7. The van der Waals surface area contributed by atoms with Crippen LogP contribution in [0.3, 0.4) is 0 Å². The molecule has 13 nitrogen and oxygen atoms in total. The van der Waals surface area contributed by atoms with E-state index in [1.165, 1.54) is 48.5 Å². The van der Waals surface area contributed by atoms with E-state index in [9.17, 15) is 36.7 Å². The van der Waals surface area contributed by atoms with E-state index in [0.29, 0.717) is 62.8 Å². The van der Waals surface area contributed by atoms with Crippen LogP contribution in [0.5, 0.6) is 5.75 Å². The molecule has 4 amide bonds. The van der Waals surface area contributed by atoms with Crippen LogP contribution in [0.1, 0.15) is 59.2 Å². The summed E-state index contributed by atoms with van der Waals surface area (Å²) in [7, 11) is 1.60. The SMILES string of the molecule is CC(C)CCNC(=O)C(N)Cc1ccc(F)cc1.COc1ccc(CNC(=O)C(N)Cc2ccc(F)cc2)cc1.NC(Cc1ccc(F)cc1)C(=O)NCc1ccc(Cl)cc1.NC(Cc1ccc(F)cc1)C(=O)NCc1ccccc1. The maximum Gasteiger partial charge on any atom is 0.237 e. The summed E-state index contributed by atoms with van der Waals surface area (Å²) in [6.45, 7) is 6.10. The van der Waals surface area contributed by atoms with Crippen molar-refractivity contribution in [1.82, 2.24) is 21.3 Å². The minimum Gasteiger partial charge on any atom is -0.497 e. The van der Waals surface area contributed by atoms with Gasteiger partial charge in [-0.1, -0.05) is 129 Å². The van der Waals surface area contributed by atoms with Crippen LogP contribution < -0.4 is 48.9 Å². The van der Waals surface area contributed by atoms with E-state index in [-0.39, 0.29) is 46.9 Å². The molecule has 0 aliphatic carbocycles. The van der Waals surface area contributed by atoms with Crippen molar-refractivity contribution >= 4 is 35.2 Å². The number of ether oxygens (including phenoxy) is 1. The maximum absolute atomic E-state index is 12.8. The zero-order valence-corrected chi connectivity index (χ0v) is 46.5. The second-order valence-corrected chi connectivity index (χ2v) is 19.8. The molecule has 0 saturated carbocycles. The maximum atomic E-state index is 12.8. The number of rotatable bonds is 22. The molecule has 0 aliphatic heterocycles. The number of methoxy groups -OCH3 is 1. The van der Waals surface area contributed by atoms with Crippen LogP contribution in [-0.2, 0) is 64.5 Å². The highest BCUT2D eigenvalue weighted by molar-refractivity contribution is 6.30. The van der Waals surface area contributed by atoms with Crippen molar-refractivity contribution in [3.63, 3.8) is 0 Å². The lowest BCUT2D eigenvalue weighted by Gasteiger charge is -2.13. The Kier molecular flexibility index (Phi) is 28.9. The summed E-state index contributed by atoms with van der Waals surface area (Å²) in [5.41, 5.74) is 29.7. The van der Waals surface area contributed by atoms with Gasteiger partial charge in [0.05, 0.1) is 31.3 Å². The number of hydrogen-bond acceptors (Lipinski definition) is 9. The normalized spacial score (nSPS) is 12.0. The second kappa shape index (κ2) is 35.6. The Hall–Kier alpha value is -7.93. The largest absolute Gasteiger partial charge is 0.497 e. The van der Waals surface area contributed by atoms with E-state index in [1.54, 1.807) is 67.8 Å². The smallest absolute Gasteiger partial charge is 0.237 e. The van der Waals surface area contributed by atoms with Crippen molar-refractivity contribution in [3.8, 4) is 5.75 Å². The quantitative estimate of drug-likeness (QED) is 0.0304. The monoisotopic (exact) mass is 1130 g/mol. The van der Waals surface area contributed by atoms with Crippen LogP contribution in [0.2, 0.25) is 5.02 Å². The molecule has 4 atom stereocenters. The summed E-state index contributed by atoms with van der Waals surface area (Å²) in [5.74, 6) is -0.709. The molecule has 0 bridgehead atoms. The van der Waals surface area contributed by atoms with Crippen LogP contribution in [0, 0.1) is 29.2 Å². The standard InChI is InChI=1S/C17H19FN2O2.C16H16ClFN2O.C16H17FN2O.C14H21FN2O/c1-22-15-8-4-13(5-9-15)11-20-17(21)16(19)10-12-2-6-14(18)7-3-12;17-13-5-1-12(2-6-13)10-20-16(21)15(19)9-11-3-7-14(18)8-4-11;17-14-8-6-12(7-9-14)10-15(18)16(20)19-11-13-4-2-1-3-5-13;1-10(2)7-8-17-14(18)13(16)9-11-3-5-12(15)6-4-11/h2-9,16H,10-11,19H2,1H3,(H,20,21);1-8,15H,9-10,19H2,(H,20,21);1-9,15H,10-11,18H2,(H,19,20);3-6,10,13H,7-9,16H2,1-2H3,(H,17,18). The first-order valence-electron chi connectivity index (χ1n) is 26.3. The van der Waals surface area contributed by atoms with Gasteiger partial charge in [-0.25, -0.2) is 17.6 Å². The molecule has 0 spiro atoms. The Balaban J connectivity index is 0.000000233. The Morgan fingerprint density at radius 1 is 0.407 bits per heavy atom. The zero-order chi connectivity index (χ0) is 59.1. The fourth-order valence-corrected chi connectivity index (χ4v) is 7.51. The molecule has 0 heterocycles. The number of carbonyl (C=O) groups is 4. The van der Waals surface area contributed by atoms with Crippen molar-refractivity contribution in [2.45, 2.75) is 89.8 Å². The topological polar surface area (TPSA) is 230 Å². The molecule has 0 fully saturated rings. The highest BCUT2D eigenvalue weighted by Crippen LogP contribution is 2.13. The number of halogens is 5. The van der Waals surface area contributed by atoms with Gasteiger partial charge in [0.2, 0.25) is 23.6 Å². The van der Waals surface area contributed by atoms with E-state index in [4.69, 9.17) is 39.3 Å². The van der Waals surface area contributed by atoms with Gasteiger partial charge in [-0.15, -0.1) is 0 Å². The number of amides is 4. The van der Waals surface area contributed by atoms with Gasteiger partial charge in [0, 0.05) is 31.2 Å². The lowest BCUT2D eigenvalue weighted by atomic mass is 10.1. The van der Waals surface area contributed by atoms with Crippen LogP contribution >= 0.6 is 11.6 Å². The van der Waals surface area contributed by atoms with Gasteiger partial charge in [0.1, 0.15) is 29.0 Å². The summed E-state index contributed by atoms with van der Waals surface area (Å²) in [6, 6.07) is 45.7. The highest BCUT2D eigenvalue weighted by Gasteiger charge is 2.17. The van der Waals surface area contributed by atoms with Gasteiger partial charge >= 0.3 is 0 Å². The molecule has 7 rings (SSSR count). The van der Waals surface area contributed by atoms with Gasteiger partial charge in [0.15, 0.2) is 0 Å². The first-order chi connectivity index (χ1) is 38.8.